The monoisotopic (exact) mass is 323 g/mol. The molecule has 108 valence electrons. The van der Waals surface area contributed by atoms with Crippen LogP contribution < -0.4 is 0 Å². The number of para-hydroxylation sites is 1. The Kier molecular flexibility index (Phi) is 3.20. The Morgan fingerprint density at radius 1 is 1.29 bits per heavy atom. The van der Waals surface area contributed by atoms with Gasteiger partial charge in [0.15, 0.2) is 0 Å². The minimum absolute atomic E-state index is 0.0572. The van der Waals surface area contributed by atoms with Crippen molar-refractivity contribution in [2.24, 2.45) is 0 Å². The molecular formula is C13H10ClN3O3S. The van der Waals surface area contributed by atoms with Crippen molar-refractivity contribution in [1.82, 2.24) is 14.5 Å². The summed E-state index contributed by atoms with van der Waals surface area (Å²) in [6.45, 7) is 1.79. The predicted molar refractivity (Wildman–Crippen MR) is 78.4 cm³/mol. The number of aromatic nitrogens is 3. The van der Waals surface area contributed by atoms with E-state index in [0.29, 0.717) is 16.7 Å². The number of fused-ring (bicyclic) bond motifs is 1. The average molecular weight is 324 g/mol. The van der Waals surface area contributed by atoms with Crippen molar-refractivity contribution in [3.05, 3.63) is 47.5 Å². The molecule has 0 aliphatic rings. The van der Waals surface area contributed by atoms with Crippen LogP contribution in [0.5, 0.6) is 0 Å². The minimum Gasteiger partial charge on any atom is -0.299 e. The molecular weight excluding hydrogens is 314 g/mol. The largest absolute Gasteiger partial charge is 0.299 e. The second-order valence-corrected chi connectivity index (χ2v) is 6.23. The number of halogens is 1. The van der Waals surface area contributed by atoms with Crippen LogP contribution in [0, 0.1) is 6.92 Å². The maximum absolute atomic E-state index is 11.5. The highest BCUT2D eigenvalue weighted by Gasteiger charge is 2.20. The van der Waals surface area contributed by atoms with Gasteiger partial charge in [-0.15, -0.1) is 0 Å². The number of aryl methyl sites for hydroxylation is 1. The summed E-state index contributed by atoms with van der Waals surface area (Å²) in [5, 5.41) is 0.468. The third-order valence-corrected chi connectivity index (χ3v) is 4.16. The van der Waals surface area contributed by atoms with Crippen LogP contribution in [-0.4, -0.2) is 27.5 Å². The smallest absolute Gasteiger partial charge is 0.296 e. The van der Waals surface area contributed by atoms with Crippen LogP contribution in [0.15, 0.2) is 41.6 Å². The van der Waals surface area contributed by atoms with E-state index in [0.717, 1.165) is 5.56 Å². The van der Waals surface area contributed by atoms with E-state index in [4.69, 9.17) is 11.6 Å². The van der Waals surface area contributed by atoms with Crippen molar-refractivity contribution in [3.63, 3.8) is 0 Å². The molecule has 0 spiro atoms. The molecule has 2 aromatic heterocycles. The lowest BCUT2D eigenvalue weighted by atomic mass is 10.2. The third-order valence-electron chi connectivity index (χ3n) is 3.10. The molecule has 0 aliphatic heterocycles. The summed E-state index contributed by atoms with van der Waals surface area (Å²) in [6, 6.07) is 6.82. The summed E-state index contributed by atoms with van der Waals surface area (Å²) >= 11 is 5.81. The molecule has 0 radical (unpaired) electrons. The molecule has 1 N–H and O–H groups in total. The van der Waals surface area contributed by atoms with E-state index in [-0.39, 0.29) is 10.2 Å². The van der Waals surface area contributed by atoms with Crippen LogP contribution in [0.1, 0.15) is 5.56 Å². The molecule has 0 unspecified atom stereocenters. The van der Waals surface area contributed by atoms with Gasteiger partial charge in [-0.25, -0.2) is 4.98 Å². The first kappa shape index (κ1) is 14.0. The molecule has 8 heteroatoms. The molecule has 21 heavy (non-hydrogen) atoms. The summed E-state index contributed by atoms with van der Waals surface area (Å²) in [7, 11) is -4.34. The summed E-state index contributed by atoms with van der Waals surface area (Å²) in [5.74, 6) is 0.459. The fourth-order valence-electron chi connectivity index (χ4n) is 2.19. The summed E-state index contributed by atoms with van der Waals surface area (Å²) < 4.78 is 34.0. The Hall–Kier alpha value is -1.96. The van der Waals surface area contributed by atoms with Gasteiger partial charge < -0.3 is 0 Å². The van der Waals surface area contributed by atoms with Crippen molar-refractivity contribution in [3.8, 4) is 5.82 Å². The third kappa shape index (κ3) is 2.39. The Morgan fingerprint density at radius 3 is 2.71 bits per heavy atom. The zero-order valence-electron chi connectivity index (χ0n) is 10.9. The first-order chi connectivity index (χ1) is 9.88. The molecule has 3 rings (SSSR count). The van der Waals surface area contributed by atoms with Gasteiger partial charge in [0.1, 0.15) is 10.7 Å². The highest BCUT2D eigenvalue weighted by Crippen LogP contribution is 2.28. The average Bonchev–Trinajstić information content (AvgIpc) is 2.81. The first-order valence-electron chi connectivity index (χ1n) is 5.95. The van der Waals surface area contributed by atoms with Gasteiger partial charge in [-0.05, 0) is 24.6 Å². The molecule has 3 aromatic rings. The quantitative estimate of drug-likeness (QED) is 0.579. The topological polar surface area (TPSA) is 85.1 Å². The van der Waals surface area contributed by atoms with E-state index in [9.17, 15) is 13.0 Å². The Morgan fingerprint density at radius 2 is 2.00 bits per heavy atom. The van der Waals surface area contributed by atoms with Crippen molar-refractivity contribution in [2.75, 3.05) is 0 Å². The molecule has 0 saturated carbocycles. The lowest BCUT2D eigenvalue weighted by Gasteiger charge is -2.07. The number of benzene rings is 1. The lowest BCUT2D eigenvalue weighted by Crippen LogP contribution is -2.01. The van der Waals surface area contributed by atoms with Crippen LogP contribution in [0.2, 0.25) is 5.28 Å². The van der Waals surface area contributed by atoms with Crippen molar-refractivity contribution >= 4 is 32.6 Å². The number of hydrogen-bond acceptors (Lipinski definition) is 4. The minimum atomic E-state index is -4.34. The van der Waals surface area contributed by atoms with Crippen molar-refractivity contribution in [1.29, 1.82) is 0 Å². The van der Waals surface area contributed by atoms with Gasteiger partial charge in [-0.2, -0.15) is 13.4 Å². The molecule has 0 bridgehead atoms. The van der Waals surface area contributed by atoms with E-state index in [1.54, 1.807) is 42.0 Å². The second kappa shape index (κ2) is 4.80. The first-order valence-corrected chi connectivity index (χ1v) is 7.77. The van der Waals surface area contributed by atoms with E-state index in [1.165, 1.54) is 6.20 Å². The zero-order chi connectivity index (χ0) is 15.2. The number of nitrogens with zero attached hydrogens (tertiary/aromatic N) is 3. The fraction of sp³-hybridized carbons (Fsp3) is 0.0769. The van der Waals surface area contributed by atoms with Crippen LogP contribution >= 0.6 is 11.6 Å². The fourth-order valence-corrected chi connectivity index (χ4v) is 3.00. The van der Waals surface area contributed by atoms with Gasteiger partial charge in [0, 0.05) is 23.3 Å². The lowest BCUT2D eigenvalue weighted by molar-refractivity contribution is 0.484. The number of rotatable bonds is 2. The number of hydrogen-bond donors (Lipinski definition) is 1. The maximum Gasteiger partial charge on any atom is 0.296 e. The van der Waals surface area contributed by atoms with E-state index < -0.39 is 10.1 Å². The molecule has 2 heterocycles. The van der Waals surface area contributed by atoms with Crippen LogP contribution in [-0.2, 0) is 10.1 Å². The summed E-state index contributed by atoms with van der Waals surface area (Å²) in [5.41, 5.74) is 1.32. The van der Waals surface area contributed by atoms with Gasteiger partial charge in [-0.1, -0.05) is 18.2 Å². The van der Waals surface area contributed by atoms with Crippen LogP contribution in [0.3, 0.4) is 0 Å². The van der Waals surface area contributed by atoms with Crippen molar-refractivity contribution in [2.45, 2.75) is 11.8 Å². The van der Waals surface area contributed by atoms with Gasteiger partial charge in [0.2, 0.25) is 5.28 Å². The maximum atomic E-state index is 11.5. The van der Waals surface area contributed by atoms with Gasteiger partial charge in [0.05, 0.1) is 5.52 Å². The van der Waals surface area contributed by atoms with Gasteiger partial charge in [0.25, 0.3) is 10.1 Å². The molecule has 0 fully saturated rings. The zero-order valence-corrected chi connectivity index (χ0v) is 12.4. The van der Waals surface area contributed by atoms with E-state index in [1.807, 2.05) is 0 Å². The van der Waals surface area contributed by atoms with Crippen molar-refractivity contribution < 1.29 is 13.0 Å². The Labute approximate surface area is 125 Å². The standard InChI is InChI=1S/C13H10ClN3O3S/c1-8-6-15-13(14)16-12(8)17-7-11(21(18,19)20)9-4-2-3-5-10(9)17/h2-7H,1H3,(H,18,19,20). The summed E-state index contributed by atoms with van der Waals surface area (Å²) in [4.78, 5) is 7.83. The molecule has 6 nitrogen and oxygen atoms in total. The van der Waals surface area contributed by atoms with Crippen LogP contribution in [0.25, 0.3) is 16.7 Å². The molecule has 0 amide bonds. The summed E-state index contributed by atoms with van der Waals surface area (Å²) in [6.07, 6.45) is 2.87. The highest BCUT2D eigenvalue weighted by atomic mass is 35.5. The van der Waals surface area contributed by atoms with Crippen LogP contribution in [0.4, 0.5) is 0 Å². The molecule has 0 saturated heterocycles. The van der Waals surface area contributed by atoms with E-state index in [2.05, 4.69) is 9.97 Å². The van der Waals surface area contributed by atoms with Gasteiger partial charge >= 0.3 is 0 Å². The molecule has 0 atom stereocenters. The Balaban J connectivity index is 2.42. The Bertz CT molecular complexity index is 950. The SMILES string of the molecule is Cc1cnc(Cl)nc1-n1cc(S(=O)(=O)O)c2ccccc21. The molecule has 0 aliphatic carbocycles. The van der Waals surface area contributed by atoms with Gasteiger partial charge in [-0.3, -0.25) is 9.12 Å². The van der Waals surface area contributed by atoms with E-state index >= 15 is 0 Å². The highest BCUT2D eigenvalue weighted by molar-refractivity contribution is 7.86. The second-order valence-electron chi connectivity index (χ2n) is 4.50. The predicted octanol–water partition coefficient (Wildman–Crippen LogP) is 2.63. The normalized spacial score (nSPS) is 12.0. The molecule has 1 aromatic carbocycles.